The van der Waals surface area contributed by atoms with E-state index < -0.39 is 6.10 Å². The molecule has 1 amide bonds. The molecule has 1 aromatic carbocycles. The van der Waals surface area contributed by atoms with E-state index in [9.17, 15) is 9.90 Å². The number of carbonyl (C=O) groups is 1. The van der Waals surface area contributed by atoms with Crippen LogP contribution in [0.2, 0.25) is 0 Å². The van der Waals surface area contributed by atoms with Crippen molar-refractivity contribution < 1.29 is 9.90 Å². The van der Waals surface area contributed by atoms with Crippen molar-refractivity contribution in [3.63, 3.8) is 0 Å². The van der Waals surface area contributed by atoms with Crippen molar-refractivity contribution >= 4 is 5.91 Å². The van der Waals surface area contributed by atoms with Crippen LogP contribution in [0.1, 0.15) is 38.8 Å². The van der Waals surface area contributed by atoms with Gasteiger partial charge in [-0.15, -0.1) is 0 Å². The van der Waals surface area contributed by atoms with E-state index in [1.54, 1.807) is 0 Å². The molecule has 0 spiro atoms. The lowest BCUT2D eigenvalue weighted by Crippen LogP contribution is -2.43. The highest BCUT2D eigenvalue weighted by Gasteiger charge is 2.30. The Balaban J connectivity index is 2.51. The highest BCUT2D eigenvalue weighted by molar-refractivity contribution is 5.78. The molecule has 1 aromatic rings. The topological polar surface area (TPSA) is 49.3 Å². The summed E-state index contributed by atoms with van der Waals surface area (Å²) in [5.41, 5.74) is 1.85. The van der Waals surface area contributed by atoms with Crippen LogP contribution in [0.3, 0.4) is 0 Å². The highest BCUT2D eigenvalue weighted by atomic mass is 16.3. The lowest BCUT2D eigenvalue weighted by molar-refractivity contribution is -0.121. The minimum atomic E-state index is -0.429. The fraction of sp³-hybridized carbons (Fsp3) is 0.588. The molecule has 0 aliphatic carbocycles. The quantitative estimate of drug-likeness (QED) is 0.840. The van der Waals surface area contributed by atoms with Crippen LogP contribution in [0.25, 0.3) is 0 Å². The van der Waals surface area contributed by atoms with Gasteiger partial charge in [0.15, 0.2) is 0 Å². The summed E-state index contributed by atoms with van der Waals surface area (Å²) in [5, 5.41) is 13.1. The number of aliphatic hydroxyl groups excluding tert-OH is 1. The molecule has 0 saturated heterocycles. The molecule has 0 aromatic heterocycles. The zero-order chi connectivity index (χ0) is 15.3. The van der Waals surface area contributed by atoms with Crippen LogP contribution >= 0.6 is 0 Å². The van der Waals surface area contributed by atoms with E-state index in [2.05, 4.69) is 5.32 Å². The SMILES string of the molecule is Cc1cccc(CC(=O)NCC(C)(C)C(O)C(C)C)c1. The third kappa shape index (κ3) is 4.97. The molecule has 0 heterocycles. The second-order valence-electron chi connectivity index (χ2n) is 6.62. The molecule has 0 aliphatic heterocycles. The number of carbonyl (C=O) groups excluding carboxylic acids is 1. The number of aliphatic hydroxyl groups is 1. The average molecular weight is 277 g/mol. The third-order valence-corrected chi connectivity index (χ3v) is 3.62. The maximum Gasteiger partial charge on any atom is 0.224 e. The van der Waals surface area contributed by atoms with Gasteiger partial charge in [-0.3, -0.25) is 4.79 Å². The second kappa shape index (κ2) is 6.89. The van der Waals surface area contributed by atoms with Crippen LogP contribution in [0.5, 0.6) is 0 Å². The summed E-state index contributed by atoms with van der Waals surface area (Å²) in [6, 6.07) is 7.96. The van der Waals surface area contributed by atoms with Crippen molar-refractivity contribution in [2.45, 2.75) is 47.1 Å². The third-order valence-electron chi connectivity index (χ3n) is 3.62. The van der Waals surface area contributed by atoms with E-state index in [0.717, 1.165) is 11.1 Å². The Morgan fingerprint density at radius 3 is 2.55 bits per heavy atom. The molecule has 1 rings (SSSR count). The van der Waals surface area contributed by atoms with Crippen molar-refractivity contribution in [3.05, 3.63) is 35.4 Å². The van der Waals surface area contributed by atoms with Gasteiger partial charge in [-0.25, -0.2) is 0 Å². The summed E-state index contributed by atoms with van der Waals surface area (Å²) in [7, 11) is 0. The Kier molecular flexibility index (Phi) is 5.75. The highest BCUT2D eigenvalue weighted by Crippen LogP contribution is 2.25. The van der Waals surface area contributed by atoms with Gasteiger partial charge in [0, 0.05) is 12.0 Å². The van der Waals surface area contributed by atoms with Crippen LogP contribution in [0.15, 0.2) is 24.3 Å². The van der Waals surface area contributed by atoms with Crippen LogP contribution in [0.4, 0.5) is 0 Å². The monoisotopic (exact) mass is 277 g/mol. The standard InChI is InChI=1S/C17H27NO2/c1-12(2)16(20)17(4,5)11-18-15(19)10-14-8-6-7-13(3)9-14/h6-9,12,16,20H,10-11H2,1-5H3,(H,18,19). The normalized spacial score (nSPS) is 13.3. The summed E-state index contributed by atoms with van der Waals surface area (Å²) in [6.07, 6.45) is -0.0445. The maximum absolute atomic E-state index is 12.0. The lowest BCUT2D eigenvalue weighted by atomic mass is 9.80. The van der Waals surface area contributed by atoms with E-state index in [-0.39, 0.29) is 17.2 Å². The molecule has 3 nitrogen and oxygen atoms in total. The molecular formula is C17H27NO2. The number of benzene rings is 1. The number of amides is 1. The van der Waals surface area contributed by atoms with Gasteiger partial charge in [0.2, 0.25) is 5.91 Å². The minimum absolute atomic E-state index is 0.000342. The van der Waals surface area contributed by atoms with E-state index in [4.69, 9.17) is 0 Å². The maximum atomic E-state index is 12.0. The Labute approximate surface area is 122 Å². The number of hydrogen-bond donors (Lipinski definition) is 2. The van der Waals surface area contributed by atoms with Gasteiger partial charge >= 0.3 is 0 Å². The molecule has 112 valence electrons. The van der Waals surface area contributed by atoms with Crippen molar-refractivity contribution in [1.29, 1.82) is 0 Å². The van der Waals surface area contributed by atoms with Crippen molar-refractivity contribution in [1.82, 2.24) is 5.32 Å². The first kappa shape index (κ1) is 16.7. The minimum Gasteiger partial charge on any atom is -0.392 e. The first-order chi connectivity index (χ1) is 9.22. The zero-order valence-electron chi connectivity index (χ0n) is 13.2. The predicted octanol–water partition coefficient (Wildman–Crippen LogP) is 2.70. The summed E-state index contributed by atoms with van der Waals surface area (Å²) in [6.45, 7) is 10.4. The summed E-state index contributed by atoms with van der Waals surface area (Å²) in [5.74, 6) is 0.179. The van der Waals surface area contributed by atoms with E-state index in [0.29, 0.717) is 13.0 Å². The van der Waals surface area contributed by atoms with Crippen LogP contribution in [-0.2, 0) is 11.2 Å². The van der Waals surface area contributed by atoms with E-state index >= 15 is 0 Å². The zero-order valence-corrected chi connectivity index (χ0v) is 13.2. The molecule has 20 heavy (non-hydrogen) atoms. The molecule has 0 radical (unpaired) electrons. The van der Waals surface area contributed by atoms with Gasteiger partial charge in [0.25, 0.3) is 0 Å². The fourth-order valence-corrected chi connectivity index (χ4v) is 2.40. The van der Waals surface area contributed by atoms with Crippen LogP contribution in [0, 0.1) is 18.3 Å². The second-order valence-corrected chi connectivity index (χ2v) is 6.62. The largest absolute Gasteiger partial charge is 0.392 e. The number of rotatable bonds is 6. The summed E-state index contributed by atoms with van der Waals surface area (Å²) < 4.78 is 0. The van der Waals surface area contributed by atoms with Crippen molar-refractivity contribution in [3.8, 4) is 0 Å². The molecule has 0 bridgehead atoms. The Bertz CT molecular complexity index is 452. The Morgan fingerprint density at radius 2 is 2.00 bits per heavy atom. The summed E-state index contributed by atoms with van der Waals surface area (Å²) in [4.78, 5) is 12.0. The molecule has 1 atom stereocenters. The Hall–Kier alpha value is -1.35. The van der Waals surface area contributed by atoms with E-state index in [1.165, 1.54) is 0 Å². The molecule has 0 aliphatic rings. The van der Waals surface area contributed by atoms with Crippen molar-refractivity contribution in [2.75, 3.05) is 6.54 Å². The summed E-state index contributed by atoms with van der Waals surface area (Å²) >= 11 is 0. The van der Waals surface area contributed by atoms with Gasteiger partial charge in [-0.1, -0.05) is 57.5 Å². The van der Waals surface area contributed by atoms with Crippen LogP contribution in [-0.4, -0.2) is 23.7 Å². The molecule has 0 fully saturated rings. The van der Waals surface area contributed by atoms with Gasteiger partial charge in [0.05, 0.1) is 12.5 Å². The number of aryl methyl sites for hydroxylation is 1. The lowest BCUT2D eigenvalue weighted by Gasteiger charge is -2.33. The first-order valence-corrected chi connectivity index (χ1v) is 7.22. The van der Waals surface area contributed by atoms with Gasteiger partial charge in [0.1, 0.15) is 0 Å². The average Bonchev–Trinajstić information content (AvgIpc) is 2.35. The first-order valence-electron chi connectivity index (χ1n) is 7.22. The van der Waals surface area contributed by atoms with Gasteiger partial charge in [-0.2, -0.15) is 0 Å². The van der Waals surface area contributed by atoms with E-state index in [1.807, 2.05) is 58.9 Å². The predicted molar refractivity (Wildman–Crippen MR) is 82.5 cm³/mol. The molecule has 0 saturated carbocycles. The molecular weight excluding hydrogens is 250 g/mol. The smallest absolute Gasteiger partial charge is 0.224 e. The van der Waals surface area contributed by atoms with Gasteiger partial charge in [-0.05, 0) is 18.4 Å². The molecule has 1 unspecified atom stereocenters. The van der Waals surface area contributed by atoms with Crippen LogP contribution < -0.4 is 5.32 Å². The molecule has 2 N–H and O–H groups in total. The number of nitrogens with one attached hydrogen (secondary N) is 1. The number of hydrogen-bond acceptors (Lipinski definition) is 2. The Morgan fingerprint density at radius 1 is 1.35 bits per heavy atom. The fourth-order valence-electron chi connectivity index (χ4n) is 2.40. The van der Waals surface area contributed by atoms with Crippen molar-refractivity contribution in [2.24, 2.45) is 11.3 Å². The van der Waals surface area contributed by atoms with Gasteiger partial charge < -0.3 is 10.4 Å². The molecule has 3 heteroatoms.